The van der Waals surface area contributed by atoms with E-state index in [1.807, 2.05) is 19.9 Å². The number of nitrogens with one attached hydrogen (secondary N) is 4. The number of carbonyl (C=O) groups is 3. The number of hydrogen-bond acceptors (Lipinski definition) is 6. The minimum Gasteiger partial charge on any atom is -0.449 e. The summed E-state index contributed by atoms with van der Waals surface area (Å²) in [5.41, 5.74) is 8.74. The molecule has 0 spiro atoms. The van der Waals surface area contributed by atoms with E-state index in [1.165, 1.54) is 12.1 Å². The van der Waals surface area contributed by atoms with Gasteiger partial charge >= 0.3 is 12.1 Å². The van der Waals surface area contributed by atoms with Gasteiger partial charge in [-0.15, -0.1) is 0 Å². The van der Waals surface area contributed by atoms with Crippen molar-refractivity contribution in [3.63, 3.8) is 0 Å². The van der Waals surface area contributed by atoms with Gasteiger partial charge in [0.15, 0.2) is 5.96 Å². The van der Waals surface area contributed by atoms with Gasteiger partial charge in [0.1, 0.15) is 6.04 Å². The Morgan fingerprint density at radius 3 is 2.44 bits per heavy atom. The van der Waals surface area contributed by atoms with E-state index in [-0.39, 0.29) is 30.5 Å². The van der Waals surface area contributed by atoms with Gasteiger partial charge in [0.25, 0.3) is 5.91 Å². The summed E-state index contributed by atoms with van der Waals surface area (Å²) in [4.78, 5) is 42.0. The molecule has 0 aliphatic carbocycles. The molecule has 0 radical (unpaired) electrons. The van der Waals surface area contributed by atoms with Crippen LogP contribution < -0.4 is 21.8 Å². The molecular formula is C22H27N5O5. The molecule has 0 bridgehead atoms. The number of rotatable bonds is 8. The van der Waals surface area contributed by atoms with E-state index in [4.69, 9.17) is 20.7 Å². The Kier molecular flexibility index (Phi) is 9.03. The number of amides is 2. The highest BCUT2D eigenvalue weighted by atomic mass is 16.7. The molecule has 0 unspecified atom stereocenters. The summed E-state index contributed by atoms with van der Waals surface area (Å²) < 4.78 is 5.08. The number of hydrogen-bond donors (Lipinski definition) is 5. The van der Waals surface area contributed by atoms with Crippen LogP contribution in [0.1, 0.15) is 29.8 Å². The fourth-order valence-electron chi connectivity index (χ4n) is 2.59. The van der Waals surface area contributed by atoms with Gasteiger partial charge < -0.3 is 25.9 Å². The quantitative estimate of drug-likeness (QED) is 0.239. The van der Waals surface area contributed by atoms with Gasteiger partial charge in [-0.25, -0.2) is 9.59 Å². The predicted octanol–water partition coefficient (Wildman–Crippen LogP) is 2.17. The average Bonchev–Trinajstić information content (AvgIpc) is 2.75. The van der Waals surface area contributed by atoms with Crippen LogP contribution in [-0.2, 0) is 20.8 Å². The molecule has 0 saturated carbocycles. The Bertz CT molecular complexity index is 949. The average molecular weight is 441 g/mol. The van der Waals surface area contributed by atoms with Crippen LogP contribution in [-0.4, -0.2) is 36.6 Å². The monoisotopic (exact) mass is 441 g/mol. The Morgan fingerprint density at radius 1 is 1.06 bits per heavy atom. The second-order valence-electron chi connectivity index (χ2n) is 7.35. The lowest BCUT2D eigenvalue weighted by molar-refractivity contribution is -0.151. The highest BCUT2D eigenvalue weighted by Crippen LogP contribution is 2.10. The third-order valence-corrected chi connectivity index (χ3v) is 4.06. The molecule has 10 nitrogen and oxygen atoms in total. The minimum absolute atomic E-state index is 0.132. The molecule has 0 saturated heterocycles. The molecular weight excluding hydrogens is 414 g/mol. The molecule has 6 N–H and O–H groups in total. The van der Waals surface area contributed by atoms with Crippen LogP contribution in [0.15, 0.2) is 54.6 Å². The van der Waals surface area contributed by atoms with E-state index >= 15 is 0 Å². The summed E-state index contributed by atoms with van der Waals surface area (Å²) >= 11 is 0. The van der Waals surface area contributed by atoms with Crippen molar-refractivity contribution >= 4 is 29.6 Å². The predicted molar refractivity (Wildman–Crippen MR) is 119 cm³/mol. The maximum Gasteiger partial charge on any atom is 0.407 e. The molecule has 32 heavy (non-hydrogen) atoms. The molecule has 0 fully saturated rings. The second-order valence-corrected chi connectivity index (χ2v) is 7.35. The zero-order chi connectivity index (χ0) is 23.5. The number of anilines is 1. The molecule has 10 heteroatoms. The molecule has 1 atom stereocenters. The van der Waals surface area contributed by atoms with E-state index in [0.29, 0.717) is 5.69 Å². The molecule has 170 valence electrons. The normalized spacial score (nSPS) is 11.2. The van der Waals surface area contributed by atoms with E-state index in [1.54, 1.807) is 36.4 Å². The number of benzene rings is 2. The molecule has 2 aromatic carbocycles. The molecule has 2 rings (SSSR count). The number of nitrogens with two attached hydrogens (primary N) is 1. The topological polar surface area (TPSA) is 156 Å². The fraction of sp³-hybridized carbons (Fsp3) is 0.273. The zero-order valence-electron chi connectivity index (χ0n) is 17.9. The van der Waals surface area contributed by atoms with Crippen molar-refractivity contribution in [2.45, 2.75) is 26.3 Å². The summed E-state index contributed by atoms with van der Waals surface area (Å²) in [5, 5.41) is 12.3. The van der Waals surface area contributed by atoms with Crippen LogP contribution in [0.2, 0.25) is 0 Å². The number of ether oxygens (including phenoxy) is 1. The SMILES string of the molecule is CC(C)COC(=O)N[C@@H](Cc1ccccc1)C(=O)ONC(=O)c1cccc(NC(=N)N)c1. The smallest absolute Gasteiger partial charge is 0.407 e. The second kappa shape index (κ2) is 11.9. The van der Waals surface area contributed by atoms with E-state index in [9.17, 15) is 14.4 Å². The summed E-state index contributed by atoms with van der Waals surface area (Å²) in [6, 6.07) is 14.1. The lowest BCUT2D eigenvalue weighted by Crippen LogP contribution is -2.46. The van der Waals surface area contributed by atoms with Gasteiger partial charge in [-0.1, -0.05) is 50.2 Å². The highest BCUT2D eigenvalue weighted by molar-refractivity contribution is 5.97. The molecule has 0 heterocycles. The van der Waals surface area contributed by atoms with Crippen LogP contribution in [0.5, 0.6) is 0 Å². The lowest BCUT2D eigenvalue weighted by atomic mass is 10.1. The van der Waals surface area contributed by atoms with Crippen molar-refractivity contribution in [1.82, 2.24) is 10.8 Å². The van der Waals surface area contributed by atoms with Crippen molar-refractivity contribution in [3.8, 4) is 0 Å². The fourth-order valence-corrected chi connectivity index (χ4v) is 2.59. The first-order valence-electron chi connectivity index (χ1n) is 9.94. The first kappa shape index (κ1) is 24.2. The zero-order valence-corrected chi connectivity index (χ0v) is 17.9. The van der Waals surface area contributed by atoms with Crippen molar-refractivity contribution in [3.05, 3.63) is 65.7 Å². The van der Waals surface area contributed by atoms with Crippen LogP contribution >= 0.6 is 0 Å². The third-order valence-electron chi connectivity index (χ3n) is 4.06. The first-order chi connectivity index (χ1) is 15.2. The molecule has 2 aromatic rings. The lowest BCUT2D eigenvalue weighted by Gasteiger charge is -2.18. The van der Waals surface area contributed by atoms with E-state index < -0.39 is 24.0 Å². The first-order valence-corrected chi connectivity index (χ1v) is 9.94. The van der Waals surface area contributed by atoms with Gasteiger partial charge in [0.2, 0.25) is 0 Å². The van der Waals surface area contributed by atoms with Crippen LogP contribution in [0.25, 0.3) is 0 Å². The van der Waals surface area contributed by atoms with Gasteiger partial charge in [-0.3, -0.25) is 10.2 Å². The number of hydroxylamine groups is 1. The Morgan fingerprint density at radius 2 is 1.78 bits per heavy atom. The van der Waals surface area contributed by atoms with Crippen molar-refractivity contribution < 1.29 is 24.0 Å². The van der Waals surface area contributed by atoms with Gasteiger partial charge in [0.05, 0.1) is 6.61 Å². The standard InChI is InChI=1S/C22H27N5O5/c1-14(2)13-31-22(30)26-18(11-15-7-4-3-5-8-15)20(29)32-27-19(28)16-9-6-10-17(12-16)25-21(23)24/h3-10,12,14,18H,11,13H2,1-2H3,(H,26,30)(H,27,28)(H4,23,24,25)/t18-/m0/s1. The summed E-state index contributed by atoms with van der Waals surface area (Å²) in [6.45, 7) is 3.97. The number of guanidine groups is 1. The number of carbonyl (C=O) groups excluding carboxylic acids is 3. The van der Waals surface area contributed by atoms with E-state index in [0.717, 1.165) is 5.56 Å². The maximum atomic E-state index is 12.6. The molecule has 0 aromatic heterocycles. The summed E-state index contributed by atoms with van der Waals surface area (Å²) in [7, 11) is 0. The van der Waals surface area contributed by atoms with Crippen molar-refractivity contribution in [1.29, 1.82) is 5.41 Å². The van der Waals surface area contributed by atoms with Crippen LogP contribution in [0, 0.1) is 11.3 Å². The summed E-state index contributed by atoms with van der Waals surface area (Å²) in [6.07, 6.45) is -0.615. The highest BCUT2D eigenvalue weighted by Gasteiger charge is 2.25. The third kappa shape index (κ3) is 8.34. The Labute approximate surface area is 185 Å². The molecule has 2 amide bonds. The molecule has 0 aliphatic rings. The minimum atomic E-state index is -1.08. The van der Waals surface area contributed by atoms with Crippen molar-refractivity contribution in [2.24, 2.45) is 11.7 Å². The van der Waals surface area contributed by atoms with Crippen molar-refractivity contribution in [2.75, 3.05) is 11.9 Å². The van der Waals surface area contributed by atoms with Gasteiger partial charge in [-0.2, -0.15) is 5.48 Å². The number of alkyl carbamates (subject to hydrolysis) is 1. The maximum absolute atomic E-state index is 12.6. The van der Waals surface area contributed by atoms with Crippen LogP contribution in [0.3, 0.4) is 0 Å². The largest absolute Gasteiger partial charge is 0.449 e. The van der Waals surface area contributed by atoms with E-state index in [2.05, 4.69) is 16.1 Å². The van der Waals surface area contributed by atoms with Crippen LogP contribution in [0.4, 0.5) is 10.5 Å². The molecule has 0 aliphatic heterocycles. The Balaban J connectivity index is 2.02. The summed E-state index contributed by atoms with van der Waals surface area (Å²) in [5.74, 6) is -1.70. The van der Waals surface area contributed by atoms with Gasteiger partial charge in [0, 0.05) is 17.7 Å². The Hall–Kier alpha value is -4.08. The van der Waals surface area contributed by atoms with Gasteiger partial charge in [-0.05, 0) is 29.7 Å².